The first kappa shape index (κ1) is 31.9. The van der Waals surface area contributed by atoms with Crippen LogP contribution in [0.2, 0.25) is 0 Å². The second kappa shape index (κ2) is 13.0. The molecule has 0 fully saturated rings. The number of benzene rings is 8. The highest BCUT2D eigenvalue weighted by Gasteiger charge is 2.20. The van der Waals surface area contributed by atoms with Crippen molar-refractivity contribution in [2.24, 2.45) is 0 Å². The van der Waals surface area contributed by atoms with E-state index in [2.05, 4.69) is 109 Å². The zero-order chi connectivity index (χ0) is 37.0. The van der Waals surface area contributed by atoms with Crippen molar-refractivity contribution in [2.45, 2.75) is 0 Å². The lowest BCUT2D eigenvalue weighted by atomic mass is 9.97. The predicted octanol–water partition coefficient (Wildman–Crippen LogP) is 13.7. The molecule has 11 rings (SSSR count). The van der Waals surface area contributed by atoms with Crippen molar-refractivity contribution in [2.75, 3.05) is 0 Å². The Bertz CT molecular complexity index is 3220. The van der Waals surface area contributed by atoms with E-state index in [9.17, 15) is 0 Å². The summed E-state index contributed by atoms with van der Waals surface area (Å²) in [5, 5.41) is 3.96. The van der Waals surface area contributed by atoms with Gasteiger partial charge in [-0.15, -0.1) is 0 Å². The number of para-hydroxylation sites is 1. The summed E-state index contributed by atoms with van der Waals surface area (Å²) in [6, 6.07) is 64.7. The summed E-state index contributed by atoms with van der Waals surface area (Å²) in [6.45, 7) is 0. The Morgan fingerprint density at radius 3 is 1.27 bits per heavy atom. The largest absolute Gasteiger partial charge is 0.456 e. The number of nitrogens with zero attached hydrogens (tertiary/aromatic N) is 3. The second-order valence-electron chi connectivity index (χ2n) is 14.0. The van der Waals surface area contributed by atoms with Crippen LogP contribution in [-0.2, 0) is 0 Å². The Hall–Kier alpha value is -7.63. The van der Waals surface area contributed by atoms with Crippen molar-refractivity contribution in [1.82, 2.24) is 15.0 Å². The molecule has 0 saturated carbocycles. The van der Waals surface area contributed by atoms with Crippen LogP contribution in [0.25, 0.3) is 111 Å². The van der Waals surface area contributed by atoms with Gasteiger partial charge < -0.3 is 8.83 Å². The van der Waals surface area contributed by atoms with E-state index in [1.54, 1.807) is 0 Å². The van der Waals surface area contributed by atoms with Gasteiger partial charge in [0.15, 0.2) is 17.5 Å². The SMILES string of the molecule is c1ccc(-c2ccc(-c3ccc(-c4ccc5oc6cccc(-c7nc(-c8ccccc8)nc(-c8cccc9oc%10ccccc%10c89)n7)c6c5c4)cc3)cc2)cc1. The van der Waals surface area contributed by atoms with Crippen LogP contribution in [0.1, 0.15) is 0 Å². The summed E-state index contributed by atoms with van der Waals surface area (Å²) in [7, 11) is 0. The number of hydrogen-bond acceptors (Lipinski definition) is 5. The van der Waals surface area contributed by atoms with Gasteiger partial charge in [-0.25, -0.2) is 15.0 Å². The average Bonchev–Trinajstić information content (AvgIpc) is 3.85. The zero-order valence-corrected chi connectivity index (χ0v) is 30.1. The fourth-order valence-corrected chi connectivity index (χ4v) is 7.83. The Morgan fingerprint density at radius 1 is 0.268 bits per heavy atom. The molecule has 0 atom stereocenters. The normalized spacial score (nSPS) is 11.6. The summed E-state index contributed by atoms with van der Waals surface area (Å²) in [4.78, 5) is 15.4. The second-order valence-corrected chi connectivity index (χ2v) is 14.0. The predicted molar refractivity (Wildman–Crippen MR) is 227 cm³/mol. The van der Waals surface area contributed by atoms with Gasteiger partial charge in [-0.2, -0.15) is 0 Å². The van der Waals surface area contributed by atoms with Crippen molar-refractivity contribution < 1.29 is 8.83 Å². The van der Waals surface area contributed by atoms with Crippen LogP contribution in [0.3, 0.4) is 0 Å². The quantitative estimate of drug-likeness (QED) is 0.171. The summed E-state index contributed by atoms with van der Waals surface area (Å²) >= 11 is 0. The maximum absolute atomic E-state index is 6.47. The molecule has 0 aliphatic rings. The topological polar surface area (TPSA) is 65.0 Å². The van der Waals surface area contributed by atoms with Gasteiger partial charge >= 0.3 is 0 Å². The van der Waals surface area contributed by atoms with Gasteiger partial charge in [0, 0.05) is 38.2 Å². The lowest BCUT2D eigenvalue weighted by Crippen LogP contribution is -2.00. The average molecular weight is 718 g/mol. The molecule has 0 radical (unpaired) electrons. The summed E-state index contributed by atoms with van der Waals surface area (Å²) in [6.07, 6.45) is 0. The van der Waals surface area contributed by atoms with E-state index in [0.717, 1.165) is 71.7 Å². The van der Waals surface area contributed by atoms with Crippen molar-refractivity contribution in [3.63, 3.8) is 0 Å². The molecular formula is C51H31N3O2. The molecule has 0 aliphatic carbocycles. The van der Waals surface area contributed by atoms with Gasteiger partial charge in [0.25, 0.3) is 0 Å². The van der Waals surface area contributed by atoms with Gasteiger partial charge in [0.2, 0.25) is 0 Å². The third-order valence-electron chi connectivity index (χ3n) is 10.6. The van der Waals surface area contributed by atoms with E-state index in [1.165, 1.54) is 22.3 Å². The molecule has 8 aromatic carbocycles. The molecule has 0 unspecified atom stereocenters. The molecule has 3 aromatic heterocycles. The first-order valence-corrected chi connectivity index (χ1v) is 18.7. The smallest absolute Gasteiger partial charge is 0.164 e. The van der Waals surface area contributed by atoms with E-state index < -0.39 is 0 Å². The fraction of sp³-hybridized carbons (Fsp3) is 0. The lowest BCUT2D eigenvalue weighted by Gasteiger charge is -2.10. The van der Waals surface area contributed by atoms with E-state index in [0.29, 0.717) is 17.5 Å². The first-order chi connectivity index (χ1) is 27.7. The highest BCUT2D eigenvalue weighted by Crippen LogP contribution is 2.40. The van der Waals surface area contributed by atoms with Gasteiger partial charge in [0.05, 0.1) is 0 Å². The Morgan fingerprint density at radius 2 is 0.679 bits per heavy atom. The molecule has 3 heterocycles. The first-order valence-electron chi connectivity index (χ1n) is 18.7. The number of hydrogen-bond donors (Lipinski definition) is 0. The number of aromatic nitrogens is 3. The van der Waals surface area contributed by atoms with Crippen molar-refractivity contribution >= 4 is 43.9 Å². The molecule has 0 aliphatic heterocycles. The molecule has 5 nitrogen and oxygen atoms in total. The van der Waals surface area contributed by atoms with Crippen molar-refractivity contribution in [1.29, 1.82) is 0 Å². The summed E-state index contributed by atoms with van der Waals surface area (Å²) < 4.78 is 12.7. The number of fused-ring (bicyclic) bond motifs is 6. The molecular weight excluding hydrogens is 687 g/mol. The third kappa shape index (κ3) is 5.45. The van der Waals surface area contributed by atoms with Crippen LogP contribution >= 0.6 is 0 Å². The fourth-order valence-electron chi connectivity index (χ4n) is 7.83. The molecule has 0 amide bonds. The molecule has 56 heavy (non-hydrogen) atoms. The lowest BCUT2D eigenvalue weighted by molar-refractivity contribution is 0.668. The molecule has 11 aromatic rings. The number of rotatable bonds is 6. The highest BCUT2D eigenvalue weighted by molar-refractivity contribution is 6.14. The Balaban J connectivity index is 1.03. The van der Waals surface area contributed by atoms with Gasteiger partial charge in [-0.3, -0.25) is 0 Å². The molecule has 0 N–H and O–H groups in total. The van der Waals surface area contributed by atoms with Gasteiger partial charge in [0.1, 0.15) is 22.3 Å². The molecule has 0 saturated heterocycles. The highest BCUT2D eigenvalue weighted by atomic mass is 16.3. The van der Waals surface area contributed by atoms with E-state index in [4.69, 9.17) is 23.8 Å². The van der Waals surface area contributed by atoms with Crippen LogP contribution in [0.4, 0.5) is 0 Å². The number of furan rings is 2. The van der Waals surface area contributed by atoms with E-state index >= 15 is 0 Å². The maximum Gasteiger partial charge on any atom is 0.164 e. The van der Waals surface area contributed by atoms with E-state index in [-0.39, 0.29) is 0 Å². The summed E-state index contributed by atoms with van der Waals surface area (Å²) in [5.41, 5.74) is 12.9. The van der Waals surface area contributed by atoms with Crippen molar-refractivity contribution in [3.05, 3.63) is 188 Å². The van der Waals surface area contributed by atoms with E-state index in [1.807, 2.05) is 78.9 Å². The molecule has 262 valence electrons. The van der Waals surface area contributed by atoms with Crippen molar-refractivity contribution in [3.8, 4) is 67.5 Å². The summed E-state index contributed by atoms with van der Waals surface area (Å²) in [5.74, 6) is 1.74. The maximum atomic E-state index is 6.47. The molecule has 5 heteroatoms. The van der Waals surface area contributed by atoms with Crippen LogP contribution in [-0.4, -0.2) is 15.0 Å². The zero-order valence-electron chi connectivity index (χ0n) is 30.1. The van der Waals surface area contributed by atoms with Gasteiger partial charge in [-0.05, 0) is 63.7 Å². The molecule has 0 spiro atoms. The molecule has 0 bridgehead atoms. The minimum atomic E-state index is 0.569. The Labute approximate surface area is 322 Å². The minimum Gasteiger partial charge on any atom is -0.456 e. The standard InChI is InChI=1S/C51H31N3O2/c1-3-11-32(12-4-1)33-21-23-34(24-22-33)35-25-27-36(28-26-35)38-29-30-44-42(31-38)48-41(17-10-20-46(48)56-44)51-53-49(37-13-5-2-6-14-37)52-50(54-51)40-16-9-19-45-47(40)39-15-7-8-18-43(39)55-45/h1-31H. The van der Waals surface area contributed by atoms with Gasteiger partial charge in [-0.1, -0.05) is 158 Å². The monoisotopic (exact) mass is 717 g/mol. The Kier molecular flexibility index (Phi) is 7.42. The van der Waals surface area contributed by atoms with Crippen LogP contribution in [0, 0.1) is 0 Å². The van der Waals surface area contributed by atoms with Crippen LogP contribution in [0.15, 0.2) is 197 Å². The third-order valence-corrected chi connectivity index (χ3v) is 10.6. The minimum absolute atomic E-state index is 0.569. The van der Waals surface area contributed by atoms with Crippen LogP contribution < -0.4 is 0 Å². The van der Waals surface area contributed by atoms with Crippen LogP contribution in [0.5, 0.6) is 0 Å².